The molecule has 16 heavy (non-hydrogen) atoms. The summed E-state index contributed by atoms with van der Waals surface area (Å²) in [7, 11) is 1.34. The molecule has 2 amide bonds. The molecule has 0 fully saturated rings. The number of urea groups is 1. The van der Waals surface area contributed by atoms with Crippen LogP contribution in [0, 0.1) is 0 Å². The van der Waals surface area contributed by atoms with Crippen molar-refractivity contribution in [3.63, 3.8) is 0 Å². The molecule has 7 heteroatoms. The predicted octanol–water partition coefficient (Wildman–Crippen LogP) is 0.260. The minimum atomic E-state index is -1.25. The van der Waals surface area contributed by atoms with E-state index in [1.165, 1.54) is 7.05 Å². The first-order chi connectivity index (χ1) is 7.47. The molecule has 0 saturated carbocycles. The van der Waals surface area contributed by atoms with Gasteiger partial charge < -0.3 is 20.8 Å². The quantitative estimate of drug-likeness (QED) is 0.544. The minimum Gasteiger partial charge on any atom is -0.481 e. The van der Waals surface area contributed by atoms with Gasteiger partial charge in [-0.1, -0.05) is 13.8 Å². The van der Waals surface area contributed by atoms with E-state index in [1.54, 1.807) is 0 Å². The second-order valence-electron chi connectivity index (χ2n) is 2.55. The Morgan fingerprint density at radius 1 is 1.19 bits per heavy atom. The van der Waals surface area contributed by atoms with Gasteiger partial charge in [-0.15, -0.1) is 0 Å². The Morgan fingerprint density at radius 3 is 2.00 bits per heavy atom. The molecular formula is C9H18N2O5. The molecule has 0 aliphatic heterocycles. The molecule has 0 aliphatic carbocycles. The third-order valence-corrected chi connectivity index (χ3v) is 1.48. The van der Waals surface area contributed by atoms with Crippen LogP contribution in [0.5, 0.6) is 0 Å². The molecule has 0 radical (unpaired) electrons. The average Bonchev–Trinajstić information content (AvgIpc) is 2.25. The molecular weight excluding hydrogens is 216 g/mol. The maximum atomic E-state index is 10.7. The van der Waals surface area contributed by atoms with E-state index in [2.05, 4.69) is 10.6 Å². The molecule has 94 valence electrons. The van der Waals surface area contributed by atoms with Gasteiger partial charge in [-0.3, -0.25) is 4.79 Å². The van der Waals surface area contributed by atoms with Crippen molar-refractivity contribution in [2.24, 2.45) is 0 Å². The third-order valence-electron chi connectivity index (χ3n) is 1.48. The standard InChI is InChI=1S/C7H12N2O5.C2H6/c1-8-7(14)9-4(6(12)13)2-3-5(10)11;1-2/h4H,2-3H2,1H3,(H,10,11)(H,12,13)(H2,8,9,14);1-2H3. The molecule has 0 spiro atoms. The Kier molecular flexibility index (Phi) is 10.1. The van der Waals surface area contributed by atoms with Crippen LogP contribution in [-0.4, -0.2) is 41.3 Å². The number of aliphatic carboxylic acids is 2. The van der Waals surface area contributed by atoms with E-state index in [4.69, 9.17) is 10.2 Å². The van der Waals surface area contributed by atoms with E-state index >= 15 is 0 Å². The lowest BCUT2D eigenvalue weighted by atomic mass is 10.1. The molecule has 0 saturated heterocycles. The van der Waals surface area contributed by atoms with Gasteiger partial charge in [0.2, 0.25) is 0 Å². The van der Waals surface area contributed by atoms with Crippen molar-refractivity contribution in [1.29, 1.82) is 0 Å². The van der Waals surface area contributed by atoms with Crippen molar-refractivity contribution in [3.05, 3.63) is 0 Å². The van der Waals surface area contributed by atoms with Gasteiger partial charge in [-0.25, -0.2) is 9.59 Å². The molecule has 0 bridgehead atoms. The van der Waals surface area contributed by atoms with Gasteiger partial charge in [-0.05, 0) is 6.42 Å². The predicted molar refractivity (Wildman–Crippen MR) is 57.2 cm³/mol. The molecule has 7 nitrogen and oxygen atoms in total. The highest BCUT2D eigenvalue weighted by atomic mass is 16.4. The van der Waals surface area contributed by atoms with Crippen LogP contribution in [0.2, 0.25) is 0 Å². The molecule has 0 aliphatic rings. The van der Waals surface area contributed by atoms with Crippen LogP contribution in [0.25, 0.3) is 0 Å². The summed E-state index contributed by atoms with van der Waals surface area (Å²) < 4.78 is 0. The van der Waals surface area contributed by atoms with Crippen molar-refractivity contribution < 1.29 is 24.6 Å². The van der Waals surface area contributed by atoms with Crippen molar-refractivity contribution in [3.8, 4) is 0 Å². The van der Waals surface area contributed by atoms with Crippen LogP contribution >= 0.6 is 0 Å². The Morgan fingerprint density at radius 2 is 1.69 bits per heavy atom. The average molecular weight is 234 g/mol. The first-order valence-corrected chi connectivity index (χ1v) is 4.90. The van der Waals surface area contributed by atoms with Gasteiger partial charge >= 0.3 is 18.0 Å². The van der Waals surface area contributed by atoms with Crippen molar-refractivity contribution in [2.45, 2.75) is 32.7 Å². The van der Waals surface area contributed by atoms with E-state index in [1.807, 2.05) is 13.8 Å². The second kappa shape index (κ2) is 9.75. The smallest absolute Gasteiger partial charge is 0.326 e. The summed E-state index contributed by atoms with van der Waals surface area (Å²) in [6.07, 6.45) is -0.445. The number of carbonyl (C=O) groups excluding carboxylic acids is 1. The maximum Gasteiger partial charge on any atom is 0.326 e. The lowest BCUT2D eigenvalue weighted by Crippen LogP contribution is -2.45. The van der Waals surface area contributed by atoms with Crippen molar-refractivity contribution in [2.75, 3.05) is 7.05 Å². The number of hydrogen-bond acceptors (Lipinski definition) is 3. The first-order valence-electron chi connectivity index (χ1n) is 4.90. The summed E-state index contributed by atoms with van der Waals surface area (Å²) in [5.41, 5.74) is 0. The number of amides is 2. The maximum absolute atomic E-state index is 10.7. The molecule has 4 N–H and O–H groups in total. The summed E-state index contributed by atoms with van der Waals surface area (Å²) in [6, 6.07) is -1.83. The SMILES string of the molecule is CC.CNC(=O)NC(CCC(=O)O)C(=O)O. The van der Waals surface area contributed by atoms with Gasteiger partial charge in [0.15, 0.2) is 0 Å². The van der Waals surface area contributed by atoms with Gasteiger partial charge in [0.25, 0.3) is 0 Å². The number of carboxylic acid groups (broad SMARTS) is 2. The molecule has 0 aromatic heterocycles. The Labute approximate surface area is 93.8 Å². The van der Waals surface area contributed by atoms with Crippen LogP contribution in [0.3, 0.4) is 0 Å². The Balaban J connectivity index is 0. The minimum absolute atomic E-state index is 0.141. The number of nitrogens with one attached hydrogen (secondary N) is 2. The molecule has 1 unspecified atom stereocenters. The van der Waals surface area contributed by atoms with Gasteiger partial charge in [0.1, 0.15) is 6.04 Å². The Hall–Kier alpha value is -1.79. The number of rotatable bonds is 5. The topological polar surface area (TPSA) is 116 Å². The van der Waals surface area contributed by atoms with Gasteiger partial charge in [0, 0.05) is 13.5 Å². The van der Waals surface area contributed by atoms with E-state index < -0.39 is 24.0 Å². The summed E-state index contributed by atoms with van der Waals surface area (Å²) in [5, 5.41) is 21.2. The van der Waals surface area contributed by atoms with Crippen LogP contribution in [0.4, 0.5) is 4.79 Å². The van der Waals surface area contributed by atoms with E-state index in [9.17, 15) is 14.4 Å². The van der Waals surface area contributed by atoms with E-state index in [0.717, 1.165) is 0 Å². The molecule has 0 rings (SSSR count). The molecule has 0 aromatic carbocycles. The lowest BCUT2D eigenvalue weighted by molar-refractivity contribution is -0.140. The highest BCUT2D eigenvalue weighted by Crippen LogP contribution is 1.97. The van der Waals surface area contributed by atoms with Crippen LogP contribution in [0.15, 0.2) is 0 Å². The fourth-order valence-corrected chi connectivity index (χ4v) is 0.756. The molecule has 1 atom stereocenters. The first kappa shape index (κ1) is 16.6. The summed E-state index contributed by atoms with van der Waals surface area (Å²) >= 11 is 0. The third kappa shape index (κ3) is 8.79. The summed E-state index contributed by atoms with van der Waals surface area (Å²) in [4.78, 5) is 31.4. The largest absolute Gasteiger partial charge is 0.481 e. The number of hydrogen-bond donors (Lipinski definition) is 4. The second-order valence-corrected chi connectivity index (χ2v) is 2.55. The van der Waals surface area contributed by atoms with Crippen LogP contribution in [0.1, 0.15) is 26.7 Å². The fraction of sp³-hybridized carbons (Fsp3) is 0.667. The van der Waals surface area contributed by atoms with Crippen molar-refractivity contribution >= 4 is 18.0 Å². The van der Waals surface area contributed by atoms with Crippen LogP contribution in [-0.2, 0) is 9.59 Å². The molecule has 0 aromatic rings. The zero-order valence-corrected chi connectivity index (χ0v) is 9.61. The van der Waals surface area contributed by atoms with E-state index in [0.29, 0.717) is 0 Å². The normalized spacial score (nSPS) is 10.4. The number of carbonyl (C=O) groups is 3. The fourth-order valence-electron chi connectivity index (χ4n) is 0.756. The van der Waals surface area contributed by atoms with Gasteiger partial charge in [0.05, 0.1) is 0 Å². The van der Waals surface area contributed by atoms with E-state index in [-0.39, 0.29) is 12.8 Å². The monoisotopic (exact) mass is 234 g/mol. The zero-order valence-electron chi connectivity index (χ0n) is 9.61. The highest BCUT2D eigenvalue weighted by Gasteiger charge is 2.19. The van der Waals surface area contributed by atoms with Crippen molar-refractivity contribution in [1.82, 2.24) is 10.6 Å². The highest BCUT2D eigenvalue weighted by molar-refractivity contribution is 5.82. The lowest BCUT2D eigenvalue weighted by Gasteiger charge is -2.12. The molecule has 0 heterocycles. The zero-order chi connectivity index (χ0) is 13.1. The summed E-state index contributed by atoms with van der Waals surface area (Å²) in [5.74, 6) is -2.36. The number of carboxylic acids is 2. The summed E-state index contributed by atoms with van der Waals surface area (Å²) in [6.45, 7) is 4.00. The van der Waals surface area contributed by atoms with Gasteiger partial charge in [-0.2, -0.15) is 0 Å². The van der Waals surface area contributed by atoms with Crippen LogP contribution < -0.4 is 10.6 Å². The Bertz CT molecular complexity index is 242.